The molecular weight excluding hydrogens is 234 g/mol. The first-order chi connectivity index (χ1) is 8.22. The first kappa shape index (κ1) is 11.9. The highest BCUT2D eigenvalue weighted by molar-refractivity contribution is 8.00. The van der Waals surface area contributed by atoms with E-state index in [1.54, 1.807) is 6.20 Å². The number of carboxylic acids is 1. The molecule has 0 spiro atoms. The van der Waals surface area contributed by atoms with Crippen molar-refractivity contribution in [2.24, 2.45) is 0 Å². The maximum Gasteiger partial charge on any atom is 0.313 e. The quantitative estimate of drug-likeness (QED) is 0.844. The average molecular weight is 247 g/mol. The molecule has 1 heterocycles. The van der Waals surface area contributed by atoms with Crippen LogP contribution in [0.25, 0.3) is 10.9 Å². The molecule has 0 aliphatic rings. The second-order valence-electron chi connectivity index (χ2n) is 3.66. The van der Waals surface area contributed by atoms with Gasteiger partial charge in [0.2, 0.25) is 0 Å². The smallest absolute Gasteiger partial charge is 0.313 e. The minimum absolute atomic E-state index is 0.0788. The molecule has 17 heavy (non-hydrogen) atoms. The van der Waals surface area contributed by atoms with Gasteiger partial charge in [0.25, 0.3) is 0 Å². The summed E-state index contributed by atoms with van der Waals surface area (Å²) in [7, 11) is 0. The highest BCUT2D eigenvalue weighted by Crippen LogP contribution is 2.28. The Balaban J connectivity index is 2.46. The first-order valence-electron chi connectivity index (χ1n) is 5.43. The molecule has 1 aromatic carbocycles. The largest absolute Gasteiger partial charge is 0.481 e. The molecule has 2 rings (SSSR count). The molecule has 4 heteroatoms. The van der Waals surface area contributed by atoms with Gasteiger partial charge in [-0.15, -0.1) is 11.8 Å². The molecule has 0 bridgehead atoms. The van der Waals surface area contributed by atoms with Gasteiger partial charge in [0.15, 0.2) is 0 Å². The van der Waals surface area contributed by atoms with E-state index in [1.165, 1.54) is 17.3 Å². The highest BCUT2D eigenvalue weighted by Gasteiger charge is 2.07. The third-order valence-electron chi connectivity index (χ3n) is 2.55. The number of hydrogen-bond acceptors (Lipinski definition) is 3. The van der Waals surface area contributed by atoms with Gasteiger partial charge in [0.1, 0.15) is 0 Å². The maximum atomic E-state index is 10.6. The van der Waals surface area contributed by atoms with Crippen LogP contribution in [0, 0.1) is 0 Å². The van der Waals surface area contributed by atoms with Crippen LogP contribution < -0.4 is 0 Å². The number of aliphatic carboxylic acids is 1. The number of pyridine rings is 1. The predicted octanol–water partition coefficient (Wildman–Crippen LogP) is 2.97. The van der Waals surface area contributed by atoms with Crippen LogP contribution in [0.3, 0.4) is 0 Å². The SMILES string of the molecule is CCc1cccc2c(SCC(=O)O)ccnc12. The number of rotatable bonds is 4. The van der Waals surface area contributed by atoms with Crippen molar-refractivity contribution in [2.75, 3.05) is 5.75 Å². The summed E-state index contributed by atoms with van der Waals surface area (Å²) < 4.78 is 0. The summed E-state index contributed by atoms with van der Waals surface area (Å²) in [6.07, 6.45) is 2.67. The molecule has 3 nitrogen and oxygen atoms in total. The minimum atomic E-state index is -0.799. The summed E-state index contributed by atoms with van der Waals surface area (Å²) in [5, 5.41) is 9.75. The number of aromatic nitrogens is 1. The number of fused-ring (bicyclic) bond motifs is 1. The van der Waals surface area contributed by atoms with Crippen LogP contribution in [0.2, 0.25) is 0 Å². The zero-order chi connectivity index (χ0) is 12.3. The Hall–Kier alpha value is -1.55. The van der Waals surface area contributed by atoms with Crippen LogP contribution in [-0.4, -0.2) is 21.8 Å². The number of thioether (sulfide) groups is 1. The number of aryl methyl sites for hydroxylation is 1. The zero-order valence-corrected chi connectivity index (χ0v) is 10.3. The molecule has 0 fully saturated rings. The van der Waals surface area contributed by atoms with E-state index in [0.29, 0.717) is 0 Å². The van der Waals surface area contributed by atoms with Gasteiger partial charge in [-0.3, -0.25) is 9.78 Å². The fourth-order valence-corrected chi connectivity index (χ4v) is 2.52. The minimum Gasteiger partial charge on any atom is -0.481 e. The van der Waals surface area contributed by atoms with Crippen molar-refractivity contribution in [3.05, 3.63) is 36.0 Å². The van der Waals surface area contributed by atoms with Crippen LogP contribution in [0.1, 0.15) is 12.5 Å². The van der Waals surface area contributed by atoms with Gasteiger partial charge in [-0.05, 0) is 18.1 Å². The Morgan fingerprint density at radius 3 is 2.94 bits per heavy atom. The molecule has 0 aliphatic carbocycles. The van der Waals surface area contributed by atoms with Crippen LogP contribution in [0.4, 0.5) is 0 Å². The van der Waals surface area contributed by atoms with Crippen LogP contribution in [0.5, 0.6) is 0 Å². The normalized spacial score (nSPS) is 10.6. The van der Waals surface area contributed by atoms with Crippen LogP contribution in [-0.2, 0) is 11.2 Å². The monoisotopic (exact) mass is 247 g/mol. The van der Waals surface area contributed by atoms with Crippen molar-refractivity contribution < 1.29 is 9.90 Å². The van der Waals surface area contributed by atoms with E-state index in [-0.39, 0.29) is 5.75 Å². The lowest BCUT2D eigenvalue weighted by atomic mass is 10.1. The number of hydrogen-bond donors (Lipinski definition) is 1. The van der Waals surface area contributed by atoms with E-state index < -0.39 is 5.97 Å². The van der Waals surface area contributed by atoms with Gasteiger partial charge in [-0.2, -0.15) is 0 Å². The van der Waals surface area contributed by atoms with Crippen LogP contribution in [0.15, 0.2) is 35.4 Å². The maximum absolute atomic E-state index is 10.6. The van der Waals surface area contributed by atoms with Gasteiger partial charge < -0.3 is 5.11 Å². The molecule has 0 aliphatic heterocycles. The standard InChI is InChI=1S/C13H13NO2S/c1-2-9-4-3-5-10-11(17-8-12(15)16)6-7-14-13(9)10/h3-7H,2,8H2,1H3,(H,15,16). The molecule has 0 atom stereocenters. The average Bonchev–Trinajstić information content (AvgIpc) is 2.35. The summed E-state index contributed by atoms with van der Waals surface area (Å²) in [6, 6.07) is 7.91. The Morgan fingerprint density at radius 2 is 2.24 bits per heavy atom. The Morgan fingerprint density at radius 1 is 1.41 bits per heavy atom. The summed E-state index contributed by atoms with van der Waals surface area (Å²) in [4.78, 5) is 16.0. The van der Waals surface area contributed by atoms with Crippen molar-refractivity contribution in [3.8, 4) is 0 Å². The van der Waals surface area contributed by atoms with Gasteiger partial charge in [0.05, 0.1) is 11.3 Å². The number of para-hydroxylation sites is 1. The van der Waals surface area contributed by atoms with E-state index in [1.807, 2.05) is 18.2 Å². The molecule has 0 saturated carbocycles. The summed E-state index contributed by atoms with van der Waals surface area (Å²) in [5.74, 6) is -0.721. The lowest BCUT2D eigenvalue weighted by Gasteiger charge is -2.07. The van der Waals surface area contributed by atoms with Crippen molar-refractivity contribution >= 4 is 28.6 Å². The van der Waals surface area contributed by atoms with Crippen molar-refractivity contribution in [1.82, 2.24) is 4.98 Å². The molecular formula is C13H13NO2S. The Bertz CT molecular complexity index is 554. The second kappa shape index (κ2) is 5.19. The lowest BCUT2D eigenvalue weighted by molar-refractivity contribution is -0.133. The van der Waals surface area contributed by atoms with Crippen molar-refractivity contribution in [3.63, 3.8) is 0 Å². The molecule has 0 unspecified atom stereocenters. The second-order valence-corrected chi connectivity index (χ2v) is 4.68. The summed E-state index contributed by atoms with van der Waals surface area (Å²) >= 11 is 1.34. The van der Waals surface area contributed by atoms with Crippen molar-refractivity contribution in [2.45, 2.75) is 18.2 Å². The summed E-state index contributed by atoms with van der Waals surface area (Å²) in [5.41, 5.74) is 2.17. The van der Waals surface area contributed by atoms with E-state index in [0.717, 1.165) is 22.2 Å². The fourth-order valence-electron chi connectivity index (χ4n) is 1.76. The summed E-state index contributed by atoms with van der Waals surface area (Å²) in [6.45, 7) is 2.09. The first-order valence-corrected chi connectivity index (χ1v) is 6.42. The lowest BCUT2D eigenvalue weighted by Crippen LogP contribution is -1.98. The molecule has 1 N–H and O–H groups in total. The third-order valence-corrected chi connectivity index (χ3v) is 3.60. The molecule has 0 saturated heterocycles. The van der Waals surface area contributed by atoms with Gasteiger partial charge in [0, 0.05) is 16.5 Å². The van der Waals surface area contributed by atoms with Gasteiger partial charge in [-0.25, -0.2) is 0 Å². The number of carboxylic acid groups (broad SMARTS) is 1. The number of benzene rings is 1. The van der Waals surface area contributed by atoms with E-state index >= 15 is 0 Å². The Labute approximate surface area is 104 Å². The third kappa shape index (κ3) is 2.58. The predicted molar refractivity (Wildman–Crippen MR) is 69.5 cm³/mol. The molecule has 2 aromatic rings. The molecule has 0 radical (unpaired) electrons. The molecule has 1 aromatic heterocycles. The van der Waals surface area contributed by atoms with Gasteiger partial charge >= 0.3 is 5.97 Å². The van der Waals surface area contributed by atoms with Crippen LogP contribution >= 0.6 is 11.8 Å². The van der Waals surface area contributed by atoms with E-state index in [2.05, 4.69) is 18.0 Å². The van der Waals surface area contributed by atoms with E-state index in [9.17, 15) is 4.79 Å². The van der Waals surface area contributed by atoms with Crippen molar-refractivity contribution in [1.29, 1.82) is 0 Å². The fraction of sp³-hybridized carbons (Fsp3) is 0.231. The topological polar surface area (TPSA) is 50.2 Å². The Kier molecular flexibility index (Phi) is 3.64. The molecule has 0 amide bonds. The number of nitrogens with zero attached hydrogens (tertiary/aromatic N) is 1. The number of carbonyl (C=O) groups is 1. The zero-order valence-electron chi connectivity index (χ0n) is 9.51. The van der Waals surface area contributed by atoms with E-state index in [4.69, 9.17) is 5.11 Å². The highest BCUT2D eigenvalue weighted by atomic mass is 32.2. The van der Waals surface area contributed by atoms with Gasteiger partial charge in [-0.1, -0.05) is 25.1 Å². The molecule has 88 valence electrons.